The minimum atomic E-state index is 0.682. The van der Waals surface area contributed by atoms with Gasteiger partial charge in [0.1, 0.15) is 0 Å². The Bertz CT molecular complexity index is 471. The van der Waals surface area contributed by atoms with Gasteiger partial charge in [0.15, 0.2) is 0 Å². The second-order valence-electron chi connectivity index (χ2n) is 3.09. The maximum absolute atomic E-state index is 4.42. The van der Waals surface area contributed by atoms with Crippen LogP contribution in [-0.2, 0) is 0 Å². The molecule has 0 saturated heterocycles. The molecule has 2 rings (SSSR count). The summed E-state index contributed by atoms with van der Waals surface area (Å²) >= 11 is 1.53. The number of hydrogen-bond donors (Lipinski definition) is 0. The van der Waals surface area contributed by atoms with Gasteiger partial charge in [-0.15, -0.1) is 11.7 Å². The SMILES string of the molecule is C=CCSc1nncc(-c2ccccc2)n1. The van der Waals surface area contributed by atoms with Crippen LogP contribution in [0, 0.1) is 0 Å². The highest BCUT2D eigenvalue weighted by atomic mass is 32.2. The highest BCUT2D eigenvalue weighted by Crippen LogP contribution is 2.18. The summed E-state index contributed by atoms with van der Waals surface area (Å²) in [6.45, 7) is 3.66. The molecule has 0 unspecified atom stereocenters. The third kappa shape index (κ3) is 2.67. The van der Waals surface area contributed by atoms with Crippen molar-refractivity contribution in [2.45, 2.75) is 5.16 Å². The molecule has 2 aromatic rings. The van der Waals surface area contributed by atoms with Gasteiger partial charge in [0.2, 0.25) is 5.16 Å². The summed E-state index contributed by atoms with van der Waals surface area (Å²) in [6.07, 6.45) is 3.50. The van der Waals surface area contributed by atoms with Gasteiger partial charge >= 0.3 is 0 Å². The van der Waals surface area contributed by atoms with Gasteiger partial charge in [-0.3, -0.25) is 0 Å². The Morgan fingerprint density at radius 2 is 2.06 bits per heavy atom. The maximum atomic E-state index is 4.42. The molecular weight excluding hydrogens is 218 g/mol. The zero-order chi connectivity index (χ0) is 11.2. The third-order valence-electron chi connectivity index (χ3n) is 1.94. The molecule has 0 bridgehead atoms. The van der Waals surface area contributed by atoms with E-state index in [1.54, 1.807) is 6.20 Å². The Morgan fingerprint density at radius 1 is 1.25 bits per heavy atom. The molecule has 0 saturated carbocycles. The Labute approximate surface area is 98.6 Å². The van der Waals surface area contributed by atoms with Gasteiger partial charge in [-0.25, -0.2) is 4.98 Å². The van der Waals surface area contributed by atoms with E-state index in [9.17, 15) is 0 Å². The van der Waals surface area contributed by atoms with E-state index in [2.05, 4.69) is 21.8 Å². The summed E-state index contributed by atoms with van der Waals surface area (Å²) in [7, 11) is 0. The van der Waals surface area contributed by atoms with Crippen molar-refractivity contribution in [1.29, 1.82) is 0 Å². The predicted octanol–water partition coefficient (Wildman–Crippen LogP) is 2.82. The van der Waals surface area contributed by atoms with Crippen LogP contribution < -0.4 is 0 Å². The Hall–Kier alpha value is -1.68. The zero-order valence-electron chi connectivity index (χ0n) is 8.71. The summed E-state index contributed by atoms with van der Waals surface area (Å²) in [6, 6.07) is 9.95. The van der Waals surface area contributed by atoms with Gasteiger partial charge < -0.3 is 0 Å². The smallest absolute Gasteiger partial charge is 0.209 e. The van der Waals surface area contributed by atoms with E-state index >= 15 is 0 Å². The van der Waals surface area contributed by atoms with E-state index in [-0.39, 0.29) is 0 Å². The largest absolute Gasteiger partial charge is 0.219 e. The van der Waals surface area contributed by atoms with Crippen molar-refractivity contribution in [2.75, 3.05) is 5.75 Å². The fourth-order valence-corrected chi connectivity index (χ4v) is 1.76. The fraction of sp³-hybridized carbons (Fsp3) is 0.0833. The molecule has 1 aromatic carbocycles. The van der Waals surface area contributed by atoms with Crippen LogP contribution in [0.15, 0.2) is 54.3 Å². The first kappa shape index (κ1) is 10.8. The summed E-state index contributed by atoms with van der Waals surface area (Å²) in [5.74, 6) is 0.792. The van der Waals surface area contributed by atoms with E-state index < -0.39 is 0 Å². The molecule has 0 aliphatic rings. The van der Waals surface area contributed by atoms with E-state index in [0.717, 1.165) is 17.0 Å². The van der Waals surface area contributed by atoms with Crippen molar-refractivity contribution >= 4 is 11.8 Å². The molecule has 0 fully saturated rings. The van der Waals surface area contributed by atoms with Crippen LogP contribution in [0.5, 0.6) is 0 Å². The minimum absolute atomic E-state index is 0.682. The summed E-state index contributed by atoms with van der Waals surface area (Å²) in [4.78, 5) is 4.42. The third-order valence-corrected chi connectivity index (χ3v) is 2.77. The number of benzene rings is 1. The molecule has 0 atom stereocenters. The van der Waals surface area contributed by atoms with E-state index in [0.29, 0.717) is 5.16 Å². The van der Waals surface area contributed by atoms with Gasteiger partial charge in [0, 0.05) is 11.3 Å². The lowest BCUT2D eigenvalue weighted by Gasteiger charge is -2.01. The Kier molecular flexibility index (Phi) is 3.66. The molecule has 0 spiro atoms. The second kappa shape index (κ2) is 5.42. The lowest BCUT2D eigenvalue weighted by molar-refractivity contribution is 0.845. The van der Waals surface area contributed by atoms with Crippen LogP contribution in [0.25, 0.3) is 11.3 Å². The monoisotopic (exact) mass is 229 g/mol. The van der Waals surface area contributed by atoms with Gasteiger partial charge in [-0.2, -0.15) is 5.10 Å². The van der Waals surface area contributed by atoms with Crippen LogP contribution in [0.2, 0.25) is 0 Å². The van der Waals surface area contributed by atoms with Crippen LogP contribution in [-0.4, -0.2) is 20.9 Å². The first-order valence-corrected chi connectivity index (χ1v) is 5.87. The number of nitrogens with zero attached hydrogens (tertiary/aromatic N) is 3. The Morgan fingerprint density at radius 3 is 2.81 bits per heavy atom. The van der Waals surface area contributed by atoms with Crippen molar-refractivity contribution < 1.29 is 0 Å². The topological polar surface area (TPSA) is 38.7 Å². The minimum Gasteiger partial charge on any atom is -0.219 e. The number of hydrogen-bond acceptors (Lipinski definition) is 4. The molecule has 16 heavy (non-hydrogen) atoms. The van der Waals surface area contributed by atoms with Gasteiger partial charge in [-0.1, -0.05) is 48.2 Å². The molecule has 0 radical (unpaired) electrons. The van der Waals surface area contributed by atoms with Gasteiger partial charge in [0.05, 0.1) is 11.9 Å². The zero-order valence-corrected chi connectivity index (χ0v) is 9.52. The molecule has 4 heteroatoms. The van der Waals surface area contributed by atoms with Gasteiger partial charge in [0.25, 0.3) is 0 Å². The average Bonchev–Trinajstić information content (AvgIpc) is 2.38. The average molecular weight is 229 g/mol. The summed E-state index contributed by atoms with van der Waals surface area (Å²) in [5.41, 5.74) is 1.90. The molecule has 80 valence electrons. The predicted molar refractivity (Wildman–Crippen MR) is 66.2 cm³/mol. The molecule has 0 aliphatic heterocycles. The molecule has 3 nitrogen and oxygen atoms in total. The summed E-state index contributed by atoms with van der Waals surface area (Å²) in [5, 5.41) is 8.58. The Balaban J connectivity index is 2.25. The van der Waals surface area contributed by atoms with Crippen molar-refractivity contribution in [2.24, 2.45) is 0 Å². The maximum Gasteiger partial charge on any atom is 0.209 e. The number of aromatic nitrogens is 3. The fourth-order valence-electron chi connectivity index (χ4n) is 1.23. The van der Waals surface area contributed by atoms with E-state index in [1.165, 1.54) is 11.8 Å². The van der Waals surface area contributed by atoms with E-state index in [4.69, 9.17) is 0 Å². The van der Waals surface area contributed by atoms with Crippen molar-refractivity contribution in [3.8, 4) is 11.3 Å². The second-order valence-corrected chi connectivity index (χ2v) is 4.08. The normalized spacial score (nSPS) is 10.0. The van der Waals surface area contributed by atoms with Crippen LogP contribution >= 0.6 is 11.8 Å². The highest BCUT2D eigenvalue weighted by molar-refractivity contribution is 7.99. The van der Waals surface area contributed by atoms with Crippen molar-refractivity contribution in [3.05, 3.63) is 49.2 Å². The molecule has 0 amide bonds. The first-order valence-electron chi connectivity index (χ1n) is 4.89. The molecular formula is C12H11N3S. The lowest BCUT2D eigenvalue weighted by atomic mass is 10.2. The van der Waals surface area contributed by atoms with E-state index in [1.807, 2.05) is 36.4 Å². The van der Waals surface area contributed by atoms with Crippen LogP contribution in [0.1, 0.15) is 0 Å². The molecule has 0 N–H and O–H groups in total. The molecule has 1 heterocycles. The summed E-state index contributed by atoms with van der Waals surface area (Å²) < 4.78 is 0. The first-order chi connectivity index (χ1) is 7.90. The highest BCUT2D eigenvalue weighted by Gasteiger charge is 2.02. The standard InChI is InChI=1S/C12H11N3S/c1-2-8-16-12-14-11(9-13-15-12)10-6-4-3-5-7-10/h2-7,9H,1,8H2. The van der Waals surface area contributed by atoms with Gasteiger partial charge in [-0.05, 0) is 0 Å². The quantitative estimate of drug-likeness (QED) is 0.597. The number of rotatable bonds is 4. The molecule has 1 aromatic heterocycles. The molecule has 0 aliphatic carbocycles. The van der Waals surface area contributed by atoms with Crippen molar-refractivity contribution in [1.82, 2.24) is 15.2 Å². The van der Waals surface area contributed by atoms with Crippen LogP contribution in [0.4, 0.5) is 0 Å². The van der Waals surface area contributed by atoms with Crippen molar-refractivity contribution in [3.63, 3.8) is 0 Å². The number of thioether (sulfide) groups is 1. The lowest BCUT2D eigenvalue weighted by Crippen LogP contribution is -1.93. The van der Waals surface area contributed by atoms with Crippen LogP contribution in [0.3, 0.4) is 0 Å².